The largest absolute Gasteiger partial charge is 0.507 e. The summed E-state index contributed by atoms with van der Waals surface area (Å²) in [5.74, 6) is 0.0399. The van der Waals surface area contributed by atoms with Crippen LogP contribution in [0.3, 0.4) is 0 Å². The molecule has 1 aliphatic rings. The molecule has 9 heteroatoms. The van der Waals surface area contributed by atoms with Gasteiger partial charge in [-0.15, -0.1) is 0 Å². The molecule has 1 unspecified atom stereocenters. The van der Waals surface area contributed by atoms with Crippen molar-refractivity contribution < 1.29 is 19.7 Å². The Balaban J connectivity index is 1.70. The highest BCUT2D eigenvalue weighted by Gasteiger charge is 2.43. The number of aryl methyl sites for hydroxylation is 1. The Hall–Kier alpha value is -3.68. The van der Waals surface area contributed by atoms with E-state index in [2.05, 4.69) is 10.2 Å². The molecule has 0 bridgehead atoms. The van der Waals surface area contributed by atoms with Gasteiger partial charge in [0.25, 0.3) is 5.91 Å². The van der Waals surface area contributed by atoms with Crippen molar-refractivity contribution in [3.8, 4) is 28.5 Å². The van der Waals surface area contributed by atoms with Crippen LogP contribution in [0.15, 0.2) is 54.6 Å². The van der Waals surface area contributed by atoms with Crippen LogP contribution in [-0.2, 0) is 6.54 Å². The number of benzene rings is 3. The van der Waals surface area contributed by atoms with Gasteiger partial charge in [0, 0.05) is 27.7 Å². The third-order valence-corrected chi connectivity index (χ3v) is 7.07. The van der Waals surface area contributed by atoms with Crippen molar-refractivity contribution in [1.82, 2.24) is 15.1 Å². The molecule has 1 aromatic heterocycles. The second-order valence-corrected chi connectivity index (χ2v) is 9.38. The predicted octanol–water partition coefficient (Wildman–Crippen LogP) is 6.25. The topological polar surface area (TPSA) is 98.7 Å². The standard InChI is InChI=1S/C27H23Cl2N3O4/c1-3-36-22-11-15(8-9-20(22)33)26-23-24(17-12-19(29)14(2)10-21(17)34)30-31-25(23)27(35)32(26)13-16-6-4-5-7-18(16)28/h4-12,26,33-34H,3,13H2,1-2H3,(H,30,31). The van der Waals surface area contributed by atoms with E-state index in [-0.39, 0.29) is 24.0 Å². The zero-order chi connectivity index (χ0) is 25.6. The molecule has 0 saturated heterocycles. The van der Waals surface area contributed by atoms with Gasteiger partial charge in [-0.05, 0) is 60.9 Å². The number of phenols is 2. The highest BCUT2D eigenvalue weighted by atomic mass is 35.5. The summed E-state index contributed by atoms with van der Waals surface area (Å²) in [6, 6.07) is 14.9. The van der Waals surface area contributed by atoms with Gasteiger partial charge in [-0.25, -0.2) is 0 Å². The minimum absolute atomic E-state index is 0.00169. The van der Waals surface area contributed by atoms with Crippen molar-refractivity contribution in [2.45, 2.75) is 26.4 Å². The number of ether oxygens (including phenoxy) is 1. The van der Waals surface area contributed by atoms with E-state index in [0.29, 0.717) is 50.5 Å². The maximum Gasteiger partial charge on any atom is 0.273 e. The van der Waals surface area contributed by atoms with Crippen LogP contribution >= 0.6 is 23.2 Å². The van der Waals surface area contributed by atoms with Crippen molar-refractivity contribution in [3.63, 3.8) is 0 Å². The Kier molecular flexibility index (Phi) is 6.28. The summed E-state index contributed by atoms with van der Waals surface area (Å²) in [6.07, 6.45) is 0. The number of hydrogen-bond acceptors (Lipinski definition) is 5. The molecule has 1 aliphatic heterocycles. The monoisotopic (exact) mass is 523 g/mol. The summed E-state index contributed by atoms with van der Waals surface area (Å²) in [5, 5.41) is 29.3. The van der Waals surface area contributed by atoms with Crippen LogP contribution in [0, 0.1) is 6.92 Å². The minimum atomic E-state index is -0.600. The maximum absolute atomic E-state index is 13.7. The average molecular weight is 524 g/mol. The first-order valence-electron chi connectivity index (χ1n) is 11.4. The number of rotatable bonds is 6. The van der Waals surface area contributed by atoms with Crippen LogP contribution in [0.2, 0.25) is 10.0 Å². The van der Waals surface area contributed by atoms with Gasteiger partial charge in [0.05, 0.1) is 12.6 Å². The lowest BCUT2D eigenvalue weighted by atomic mass is 9.94. The number of aromatic hydroxyl groups is 2. The van der Waals surface area contributed by atoms with Gasteiger partial charge in [-0.3, -0.25) is 9.89 Å². The lowest BCUT2D eigenvalue weighted by molar-refractivity contribution is 0.0730. The van der Waals surface area contributed by atoms with Gasteiger partial charge in [-0.1, -0.05) is 47.5 Å². The summed E-state index contributed by atoms with van der Waals surface area (Å²) < 4.78 is 5.61. The average Bonchev–Trinajstić information content (AvgIpc) is 3.38. The van der Waals surface area contributed by atoms with Crippen LogP contribution in [0.5, 0.6) is 17.2 Å². The molecule has 36 heavy (non-hydrogen) atoms. The van der Waals surface area contributed by atoms with Crippen LogP contribution in [0.4, 0.5) is 0 Å². The number of nitrogens with one attached hydrogen (secondary N) is 1. The molecule has 0 radical (unpaired) electrons. The first-order valence-corrected chi connectivity index (χ1v) is 12.1. The van der Waals surface area contributed by atoms with Gasteiger partial charge in [0.1, 0.15) is 17.1 Å². The lowest BCUT2D eigenvalue weighted by Gasteiger charge is -2.27. The number of carbonyl (C=O) groups excluding carboxylic acids is 1. The smallest absolute Gasteiger partial charge is 0.273 e. The third kappa shape index (κ3) is 4.04. The predicted molar refractivity (Wildman–Crippen MR) is 138 cm³/mol. The number of phenolic OH excluding ortho intramolecular Hbond substituents is 2. The Labute approximate surface area is 217 Å². The Morgan fingerprint density at radius 3 is 2.58 bits per heavy atom. The molecule has 1 atom stereocenters. The Morgan fingerprint density at radius 2 is 1.83 bits per heavy atom. The number of halogens is 2. The molecule has 184 valence electrons. The number of amides is 1. The number of nitrogens with zero attached hydrogens (tertiary/aromatic N) is 2. The van der Waals surface area contributed by atoms with Gasteiger partial charge in [-0.2, -0.15) is 5.10 Å². The van der Waals surface area contributed by atoms with Crippen LogP contribution in [-0.4, -0.2) is 37.8 Å². The van der Waals surface area contributed by atoms with Gasteiger partial charge >= 0.3 is 0 Å². The number of hydrogen-bond donors (Lipinski definition) is 3. The van der Waals surface area contributed by atoms with Gasteiger partial charge in [0.2, 0.25) is 0 Å². The number of carbonyl (C=O) groups is 1. The number of fused-ring (bicyclic) bond motifs is 1. The van der Waals surface area contributed by atoms with E-state index >= 15 is 0 Å². The summed E-state index contributed by atoms with van der Waals surface area (Å²) in [4.78, 5) is 15.3. The van der Waals surface area contributed by atoms with E-state index in [1.807, 2.05) is 25.1 Å². The molecule has 1 amide bonds. The van der Waals surface area contributed by atoms with Crippen LogP contribution in [0.1, 0.15) is 45.7 Å². The van der Waals surface area contributed by atoms with Crippen LogP contribution in [0.25, 0.3) is 11.3 Å². The molecular weight excluding hydrogens is 501 g/mol. The summed E-state index contributed by atoms with van der Waals surface area (Å²) in [6.45, 7) is 4.22. The molecule has 2 heterocycles. The molecule has 0 spiro atoms. The quantitative estimate of drug-likeness (QED) is 0.277. The normalized spacial score (nSPS) is 14.8. The van der Waals surface area contributed by atoms with Crippen molar-refractivity contribution in [2.75, 3.05) is 6.61 Å². The molecule has 0 aliphatic carbocycles. The number of aromatic nitrogens is 2. The molecule has 3 aromatic carbocycles. The lowest BCUT2D eigenvalue weighted by Crippen LogP contribution is -2.29. The summed E-state index contributed by atoms with van der Waals surface area (Å²) >= 11 is 12.8. The van der Waals surface area contributed by atoms with Crippen LogP contribution < -0.4 is 4.74 Å². The molecule has 0 fully saturated rings. The van der Waals surface area contributed by atoms with Crippen molar-refractivity contribution in [3.05, 3.63) is 92.6 Å². The Morgan fingerprint density at radius 1 is 1.06 bits per heavy atom. The van der Waals surface area contributed by atoms with Crippen molar-refractivity contribution in [1.29, 1.82) is 0 Å². The third-order valence-electron chi connectivity index (χ3n) is 6.29. The fourth-order valence-corrected chi connectivity index (χ4v) is 4.91. The highest BCUT2D eigenvalue weighted by Crippen LogP contribution is 2.47. The van der Waals surface area contributed by atoms with E-state index in [1.165, 1.54) is 6.07 Å². The van der Waals surface area contributed by atoms with Crippen molar-refractivity contribution >= 4 is 29.1 Å². The van der Waals surface area contributed by atoms with E-state index in [0.717, 1.165) is 11.1 Å². The van der Waals surface area contributed by atoms with E-state index in [1.54, 1.807) is 42.2 Å². The molecule has 3 N–H and O–H groups in total. The molecule has 7 nitrogen and oxygen atoms in total. The highest BCUT2D eigenvalue weighted by molar-refractivity contribution is 6.32. The number of aromatic amines is 1. The zero-order valence-corrected chi connectivity index (χ0v) is 21.1. The molecule has 5 rings (SSSR count). The first-order chi connectivity index (χ1) is 17.3. The van der Waals surface area contributed by atoms with Gasteiger partial charge < -0.3 is 19.8 Å². The van der Waals surface area contributed by atoms with E-state index in [9.17, 15) is 15.0 Å². The summed E-state index contributed by atoms with van der Waals surface area (Å²) in [5.41, 5.74) is 3.93. The first kappa shape index (κ1) is 24.0. The fourth-order valence-electron chi connectivity index (χ4n) is 4.55. The van der Waals surface area contributed by atoms with E-state index < -0.39 is 6.04 Å². The SMILES string of the molecule is CCOc1cc(C2c3c(-c4cc(Cl)c(C)cc4O)n[nH]c3C(=O)N2Cc2ccccc2Cl)ccc1O. The molecule has 0 saturated carbocycles. The minimum Gasteiger partial charge on any atom is -0.507 e. The molecular formula is C27H23Cl2N3O4. The van der Waals surface area contributed by atoms with E-state index in [4.69, 9.17) is 27.9 Å². The second-order valence-electron chi connectivity index (χ2n) is 8.57. The van der Waals surface area contributed by atoms with Crippen molar-refractivity contribution in [2.24, 2.45) is 0 Å². The number of H-pyrrole nitrogens is 1. The van der Waals surface area contributed by atoms with Gasteiger partial charge in [0.15, 0.2) is 11.5 Å². The maximum atomic E-state index is 13.7. The fraction of sp³-hybridized carbons (Fsp3) is 0.185. The molecule has 4 aromatic rings. The second kappa shape index (κ2) is 9.41. The zero-order valence-electron chi connectivity index (χ0n) is 19.5. The summed E-state index contributed by atoms with van der Waals surface area (Å²) in [7, 11) is 0. The Bertz CT molecular complexity index is 1480.